The summed E-state index contributed by atoms with van der Waals surface area (Å²) in [6.45, 7) is 4.72. The van der Waals surface area contributed by atoms with Crippen LogP contribution in [0.1, 0.15) is 37.8 Å². The predicted molar refractivity (Wildman–Crippen MR) is 85.1 cm³/mol. The van der Waals surface area contributed by atoms with E-state index < -0.39 is 10.0 Å². The van der Waals surface area contributed by atoms with E-state index in [-0.39, 0.29) is 22.8 Å². The zero-order chi connectivity index (χ0) is 16.6. The lowest BCUT2D eigenvalue weighted by Crippen LogP contribution is -2.29. The third-order valence-corrected chi connectivity index (χ3v) is 6.00. The third-order valence-electron chi connectivity index (χ3n) is 4.25. The molecule has 0 N–H and O–H groups in total. The summed E-state index contributed by atoms with van der Waals surface area (Å²) in [4.78, 5) is 4.04. The van der Waals surface area contributed by atoms with Crippen LogP contribution in [0.5, 0.6) is 0 Å². The molecule has 1 fully saturated rings. The Bertz CT molecular complexity index is 801. The van der Waals surface area contributed by atoms with Gasteiger partial charge >= 0.3 is 0 Å². The van der Waals surface area contributed by atoms with Crippen LogP contribution in [0.25, 0.3) is 0 Å². The average molecular weight is 337 g/mol. The zero-order valence-electron chi connectivity index (χ0n) is 13.2. The van der Waals surface area contributed by atoms with Crippen molar-refractivity contribution in [3.8, 4) is 0 Å². The van der Waals surface area contributed by atoms with Crippen LogP contribution in [0.15, 0.2) is 41.8 Å². The Morgan fingerprint density at radius 2 is 2.13 bits per heavy atom. The van der Waals surface area contributed by atoms with Crippen LogP contribution >= 0.6 is 0 Å². The molecular formula is C16H20FN3O2S. The first-order valence-corrected chi connectivity index (χ1v) is 9.11. The van der Waals surface area contributed by atoms with E-state index in [1.807, 2.05) is 19.9 Å². The third kappa shape index (κ3) is 3.16. The largest absolute Gasteiger partial charge is 0.334 e. The maximum Gasteiger partial charge on any atom is 0.262 e. The molecule has 0 bridgehead atoms. The van der Waals surface area contributed by atoms with Gasteiger partial charge in [0.05, 0.1) is 6.33 Å². The fourth-order valence-corrected chi connectivity index (χ4v) is 4.27. The van der Waals surface area contributed by atoms with E-state index in [0.717, 1.165) is 5.56 Å². The first-order chi connectivity index (χ1) is 10.9. The molecule has 1 aromatic heterocycles. The molecule has 1 atom stereocenters. The molecule has 0 radical (unpaired) electrons. The fraction of sp³-hybridized carbons (Fsp3) is 0.438. The molecule has 0 spiro atoms. The molecule has 1 saturated heterocycles. The van der Waals surface area contributed by atoms with E-state index in [1.165, 1.54) is 22.8 Å². The van der Waals surface area contributed by atoms with Gasteiger partial charge in [-0.25, -0.2) is 17.8 Å². The van der Waals surface area contributed by atoms with Gasteiger partial charge < -0.3 is 4.57 Å². The number of nitrogens with zero attached hydrogens (tertiary/aromatic N) is 3. The Hall–Kier alpha value is -1.73. The van der Waals surface area contributed by atoms with E-state index >= 15 is 0 Å². The number of sulfonamides is 1. The lowest BCUT2D eigenvalue weighted by atomic mass is 9.99. The van der Waals surface area contributed by atoms with Crippen LogP contribution in [0.3, 0.4) is 0 Å². The molecule has 7 heteroatoms. The summed E-state index contributed by atoms with van der Waals surface area (Å²) in [6, 6.07) is 6.54. The van der Waals surface area contributed by atoms with Crippen molar-refractivity contribution in [3.05, 3.63) is 48.2 Å². The highest BCUT2D eigenvalue weighted by atomic mass is 32.2. The van der Waals surface area contributed by atoms with Crippen LogP contribution in [-0.4, -0.2) is 35.4 Å². The van der Waals surface area contributed by atoms with Gasteiger partial charge in [-0.15, -0.1) is 0 Å². The number of benzene rings is 1. The number of imidazole rings is 1. The van der Waals surface area contributed by atoms with Crippen LogP contribution in [0.2, 0.25) is 0 Å². The Morgan fingerprint density at radius 3 is 2.78 bits per heavy atom. The molecule has 3 rings (SSSR count). The fourth-order valence-electron chi connectivity index (χ4n) is 2.84. The van der Waals surface area contributed by atoms with Gasteiger partial charge in [0.2, 0.25) is 0 Å². The van der Waals surface area contributed by atoms with E-state index in [9.17, 15) is 12.8 Å². The van der Waals surface area contributed by atoms with Crippen LogP contribution in [0.4, 0.5) is 4.39 Å². The van der Waals surface area contributed by atoms with Crippen molar-refractivity contribution < 1.29 is 12.8 Å². The van der Waals surface area contributed by atoms with Crippen LogP contribution < -0.4 is 0 Å². The monoisotopic (exact) mass is 337 g/mol. The van der Waals surface area contributed by atoms with Gasteiger partial charge in [-0.05, 0) is 43.9 Å². The Morgan fingerprint density at radius 1 is 1.35 bits per heavy atom. The van der Waals surface area contributed by atoms with Gasteiger partial charge in [0, 0.05) is 25.3 Å². The van der Waals surface area contributed by atoms with Crippen molar-refractivity contribution in [3.63, 3.8) is 0 Å². The van der Waals surface area contributed by atoms with Gasteiger partial charge in [0.15, 0.2) is 5.03 Å². The molecule has 124 valence electrons. The first-order valence-electron chi connectivity index (χ1n) is 7.67. The highest BCUT2D eigenvalue weighted by molar-refractivity contribution is 7.89. The minimum atomic E-state index is -3.59. The van der Waals surface area contributed by atoms with Gasteiger partial charge in [-0.2, -0.15) is 4.31 Å². The Balaban J connectivity index is 1.79. The smallest absolute Gasteiger partial charge is 0.262 e. The van der Waals surface area contributed by atoms with Crippen LogP contribution in [0, 0.1) is 5.82 Å². The average Bonchev–Trinajstić information content (AvgIpc) is 3.17. The minimum Gasteiger partial charge on any atom is -0.334 e. The lowest BCUT2D eigenvalue weighted by molar-refractivity contribution is 0.470. The summed E-state index contributed by atoms with van der Waals surface area (Å²) in [5.74, 6) is -0.271. The van der Waals surface area contributed by atoms with Gasteiger partial charge in [0.25, 0.3) is 10.0 Å². The predicted octanol–water partition coefficient (Wildman–Crippen LogP) is 2.78. The molecule has 0 saturated carbocycles. The second-order valence-electron chi connectivity index (χ2n) is 6.16. The SMILES string of the molecule is CC(C)n1cnc(S(=O)(=O)N2CCC(c3cccc(F)c3)C2)c1. The van der Waals surface area contributed by atoms with Crippen molar-refractivity contribution in [2.75, 3.05) is 13.1 Å². The number of hydrogen-bond acceptors (Lipinski definition) is 3. The van der Waals surface area contributed by atoms with Crippen molar-refractivity contribution in [2.24, 2.45) is 0 Å². The highest BCUT2D eigenvalue weighted by Gasteiger charge is 2.34. The Labute approximate surface area is 135 Å². The summed E-state index contributed by atoms with van der Waals surface area (Å²) < 4.78 is 41.9. The van der Waals surface area contributed by atoms with E-state index in [1.54, 1.807) is 16.8 Å². The molecule has 23 heavy (non-hydrogen) atoms. The summed E-state index contributed by atoms with van der Waals surface area (Å²) in [5.41, 5.74) is 0.843. The zero-order valence-corrected chi connectivity index (χ0v) is 14.0. The van der Waals surface area contributed by atoms with E-state index in [0.29, 0.717) is 19.5 Å². The molecule has 1 aromatic carbocycles. The van der Waals surface area contributed by atoms with Crippen molar-refractivity contribution in [1.82, 2.24) is 13.9 Å². The maximum atomic E-state index is 13.4. The molecule has 0 amide bonds. The van der Waals surface area contributed by atoms with Crippen LogP contribution in [-0.2, 0) is 10.0 Å². The number of rotatable bonds is 4. The maximum absolute atomic E-state index is 13.4. The molecule has 1 unspecified atom stereocenters. The number of halogens is 1. The summed E-state index contributed by atoms with van der Waals surface area (Å²) >= 11 is 0. The topological polar surface area (TPSA) is 55.2 Å². The molecule has 2 heterocycles. The van der Waals surface area contributed by atoms with E-state index in [2.05, 4.69) is 4.98 Å². The van der Waals surface area contributed by atoms with Crippen molar-refractivity contribution in [1.29, 1.82) is 0 Å². The standard InChI is InChI=1S/C16H20FN3O2S/c1-12(2)19-10-16(18-11-19)23(21,22)20-7-6-14(9-20)13-4-3-5-15(17)8-13/h3-5,8,10-12,14H,6-7,9H2,1-2H3. The van der Waals surface area contributed by atoms with Gasteiger partial charge in [-0.1, -0.05) is 12.1 Å². The summed E-state index contributed by atoms with van der Waals surface area (Å²) in [5, 5.41) is 0.0751. The second kappa shape index (κ2) is 6.05. The van der Waals surface area contributed by atoms with Crippen molar-refractivity contribution in [2.45, 2.75) is 37.3 Å². The lowest BCUT2D eigenvalue weighted by Gasteiger charge is -2.15. The highest BCUT2D eigenvalue weighted by Crippen LogP contribution is 2.31. The quantitative estimate of drug-likeness (QED) is 0.862. The minimum absolute atomic E-state index is 0.0210. The van der Waals surface area contributed by atoms with Crippen molar-refractivity contribution >= 4 is 10.0 Å². The summed E-state index contributed by atoms with van der Waals surface area (Å²) in [6.07, 6.45) is 3.79. The van der Waals surface area contributed by atoms with Gasteiger partial charge in [-0.3, -0.25) is 0 Å². The molecule has 5 nitrogen and oxygen atoms in total. The number of hydrogen-bond donors (Lipinski definition) is 0. The molecule has 2 aromatic rings. The van der Waals surface area contributed by atoms with Gasteiger partial charge in [0.1, 0.15) is 5.82 Å². The molecule has 1 aliphatic rings. The molecule has 1 aliphatic heterocycles. The van der Waals surface area contributed by atoms with E-state index in [4.69, 9.17) is 0 Å². The Kier molecular flexibility index (Phi) is 4.25. The molecule has 0 aliphatic carbocycles. The first kappa shape index (κ1) is 16.1. The molecular weight excluding hydrogens is 317 g/mol. The number of aromatic nitrogens is 2. The summed E-state index contributed by atoms with van der Waals surface area (Å²) in [7, 11) is -3.59. The second-order valence-corrected chi connectivity index (χ2v) is 8.04. The normalized spacial score (nSPS) is 19.6.